The Balaban J connectivity index is 3.38. The molecule has 1 nitrogen and oxygen atoms in total. The summed E-state index contributed by atoms with van der Waals surface area (Å²) in [6.45, 7) is 8.03. The van der Waals surface area contributed by atoms with Crippen molar-refractivity contribution in [1.29, 1.82) is 0 Å². The maximum atomic E-state index is 5.06. The van der Waals surface area contributed by atoms with Gasteiger partial charge < -0.3 is 4.74 Å². The highest BCUT2D eigenvalue weighted by molar-refractivity contribution is 4.74. The molecule has 0 aromatic carbocycles. The second-order valence-corrected chi connectivity index (χ2v) is 5.78. The Morgan fingerprint density at radius 2 is 1.11 bits per heavy atom. The zero-order chi connectivity index (χ0) is 13.7. The summed E-state index contributed by atoms with van der Waals surface area (Å²) in [6, 6.07) is 0. The topological polar surface area (TPSA) is 9.23 Å². The van der Waals surface area contributed by atoms with Gasteiger partial charge in [-0.2, -0.15) is 0 Å². The molecule has 0 saturated heterocycles. The molecule has 0 N–H and O–H groups in total. The van der Waals surface area contributed by atoms with Crippen LogP contribution in [0.1, 0.15) is 91.4 Å². The number of unbranched alkanes of at least 4 members (excludes halogenated alkanes) is 6. The lowest BCUT2D eigenvalue weighted by molar-refractivity contribution is 0.191. The number of ether oxygens (including phenoxy) is 1. The van der Waals surface area contributed by atoms with Gasteiger partial charge in [0.2, 0.25) is 0 Å². The first-order chi connectivity index (χ1) is 8.74. The van der Waals surface area contributed by atoms with E-state index in [1.54, 1.807) is 7.11 Å². The van der Waals surface area contributed by atoms with Crippen LogP contribution in [0.2, 0.25) is 0 Å². The van der Waals surface area contributed by atoms with E-state index in [1.165, 1.54) is 70.6 Å². The zero-order valence-corrected chi connectivity index (χ0v) is 13.4. The summed E-state index contributed by atoms with van der Waals surface area (Å²) < 4.78 is 5.06. The maximum Gasteiger partial charge on any atom is 0.0462 e. The van der Waals surface area contributed by atoms with E-state index in [0.717, 1.165) is 6.61 Å². The first-order valence-electron chi connectivity index (χ1n) is 8.23. The lowest BCUT2D eigenvalue weighted by Gasteiger charge is -2.30. The van der Waals surface area contributed by atoms with Crippen LogP contribution in [0.25, 0.3) is 0 Å². The number of hydrogen-bond donors (Lipinski definition) is 0. The van der Waals surface area contributed by atoms with Gasteiger partial charge in [-0.1, -0.05) is 78.6 Å². The molecule has 0 aliphatic carbocycles. The fourth-order valence-electron chi connectivity index (χ4n) is 2.91. The number of rotatable bonds is 13. The molecule has 0 heterocycles. The van der Waals surface area contributed by atoms with E-state index >= 15 is 0 Å². The third-order valence-electron chi connectivity index (χ3n) is 4.81. The molecule has 0 atom stereocenters. The van der Waals surface area contributed by atoms with Crippen molar-refractivity contribution in [2.24, 2.45) is 5.41 Å². The molecule has 0 saturated carbocycles. The van der Waals surface area contributed by atoms with Crippen molar-refractivity contribution in [2.75, 3.05) is 13.7 Å². The van der Waals surface area contributed by atoms with Gasteiger partial charge in [-0.15, -0.1) is 0 Å². The molecule has 0 fully saturated rings. The molecule has 110 valence electrons. The largest absolute Gasteiger partial charge is 0.385 e. The average molecular weight is 256 g/mol. The Hall–Kier alpha value is -0.0400. The predicted octanol–water partition coefficient (Wildman–Crippen LogP) is 5.97. The summed E-state index contributed by atoms with van der Waals surface area (Å²) in [5, 5.41) is 0. The molecular formula is C17H36O. The average Bonchev–Trinajstić information content (AvgIpc) is 2.42. The minimum absolute atomic E-state index is 0.651. The Kier molecular flexibility index (Phi) is 12.0. The van der Waals surface area contributed by atoms with Gasteiger partial charge >= 0.3 is 0 Å². The molecule has 0 aliphatic heterocycles. The van der Waals surface area contributed by atoms with Crippen molar-refractivity contribution in [3.63, 3.8) is 0 Å². The van der Waals surface area contributed by atoms with Gasteiger partial charge in [0.05, 0.1) is 0 Å². The van der Waals surface area contributed by atoms with E-state index in [9.17, 15) is 0 Å². The highest BCUT2D eigenvalue weighted by Gasteiger charge is 2.22. The fourth-order valence-corrected chi connectivity index (χ4v) is 2.91. The van der Waals surface area contributed by atoms with Crippen molar-refractivity contribution in [3.8, 4) is 0 Å². The van der Waals surface area contributed by atoms with E-state index in [1.807, 2.05) is 0 Å². The maximum absolute atomic E-state index is 5.06. The number of hydrogen-bond acceptors (Lipinski definition) is 1. The van der Waals surface area contributed by atoms with Crippen LogP contribution in [-0.4, -0.2) is 13.7 Å². The fraction of sp³-hybridized carbons (Fsp3) is 1.00. The second kappa shape index (κ2) is 12.0. The Morgan fingerprint density at radius 1 is 0.667 bits per heavy atom. The van der Waals surface area contributed by atoms with Gasteiger partial charge in [-0.25, -0.2) is 0 Å². The van der Waals surface area contributed by atoms with Crippen LogP contribution in [-0.2, 0) is 4.74 Å². The summed E-state index contributed by atoms with van der Waals surface area (Å²) in [7, 11) is 1.79. The lowest BCUT2D eigenvalue weighted by Crippen LogP contribution is -2.17. The molecule has 0 aliphatic rings. The quantitative estimate of drug-likeness (QED) is 0.369. The van der Waals surface area contributed by atoms with E-state index in [4.69, 9.17) is 4.74 Å². The van der Waals surface area contributed by atoms with Gasteiger partial charge in [-0.05, 0) is 18.3 Å². The summed E-state index contributed by atoms with van der Waals surface area (Å²) in [5.41, 5.74) is 0.651. The summed E-state index contributed by atoms with van der Waals surface area (Å²) in [4.78, 5) is 0. The third kappa shape index (κ3) is 8.13. The van der Waals surface area contributed by atoms with Gasteiger partial charge in [0.15, 0.2) is 0 Å². The Labute approximate surface area is 116 Å². The van der Waals surface area contributed by atoms with Crippen LogP contribution in [0.3, 0.4) is 0 Å². The lowest BCUT2D eigenvalue weighted by atomic mass is 9.75. The summed E-state index contributed by atoms with van der Waals surface area (Å²) in [6.07, 6.45) is 15.2. The molecular weight excluding hydrogens is 220 g/mol. The monoisotopic (exact) mass is 256 g/mol. The molecule has 0 spiro atoms. The molecule has 0 amide bonds. The minimum Gasteiger partial charge on any atom is -0.385 e. The molecule has 0 unspecified atom stereocenters. The first-order valence-corrected chi connectivity index (χ1v) is 8.23. The normalized spacial score (nSPS) is 12.0. The number of methoxy groups -OCH3 is 1. The van der Waals surface area contributed by atoms with Crippen molar-refractivity contribution in [2.45, 2.75) is 91.4 Å². The predicted molar refractivity (Wildman–Crippen MR) is 82.1 cm³/mol. The molecule has 0 rings (SSSR count). The Morgan fingerprint density at radius 3 is 1.56 bits per heavy atom. The SMILES string of the molecule is CCC(CC)(CC)CCCCCCCCCOC. The van der Waals surface area contributed by atoms with Crippen molar-refractivity contribution in [1.82, 2.24) is 0 Å². The Bertz CT molecular complexity index is 153. The van der Waals surface area contributed by atoms with E-state index in [-0.39, 0.29) is 0 Å². The van der Waals surface area contributed by atoms with Crippen LogP contribution in [0.4, 0.5) is 0 Å². The molecule has 1 heteroatoms. The molecule has 18 heavy (non-hydrogen) atoms. The second-order valence-electron chi connectivity index (χ2n) is 5.78. The van der Waals surface area contributed by atoms with Gasteiger partial charge in [0.25, 0.3) is 0 Å². The smallest absolute Gasteiger partial charge is 0.0462 e. The van der Waals surface area contributed by atoms with Crippen LogP contribution in [0.15, 0.2) is 0 Å². The standard InChI is InChI=1S/C17H36O/c1-5-17(6-2,7-3)15-13-11-9-8-10-12-14-16-18-4/h5-16H2,1-4H3. The zero-order valence-electron chi connectivity index (χ0n) is 13.4. The van der Waals surface area contributed by atoms with E-state index < -0.39 is 0 Å². The van der Waals surface area contributed by atoms with Crippen LogP contribution >= 0.6 is 0 Å². The van der Waals surface area contributed by atoms with Crippen molar-refractivity contribution < 1.29 is 4.74 Å². The van der Waals surface area contributed by atoms with E-state index in [2.05, 4.69) is 20.8 Å². The van der Waals surface area contributed by atoms with Gasteiger partial charge in [-0.3, -0.25) is 0 Å². The van der Waals surface area contributed by atoms with Crippen molar-refractivity contribution in [3.05, 3.63) is 0 Å². The summed E-state index contributed by atoms with van der Waals surface area (Å²) >= 11 is 0. The minimum atomic E-state index is 0.651. The highest BCUT2D eigenvalue weighted by Crippen LogP contribution is 2.36. The molecule has 0 radical (unpaired) electrons. The molecule has 0 bridgehead atoms. The summed E-state index contributed by atoms with van der Waals surface area (Å²) in [5.74, 6) is 0. The molecule has 0 aromatic heterocycles. The molecule has 0 aromatic rings. The first kappa shape index (κ1) is 18.0. The third-order valence-corrected chi connectivity index (χ3v) is 4.81. The van der Waals surface area contributed by atoms with Crippen molar-refractivity contribution >= 4 is 0 Å². The van der Waals surface area contributed by atoms with Crippen LogP contribution < -0.4 is 0 Å². The van der Waals surface area contributed by atoms with E-state index in [0.29, 0.717) is 5.41 Å². The van der Waals surface area contributed by atoms with Crippen LogP contribution in [0.5, 0.6) is 0 Å². The van der Waals surface area contributed by atoms with Gasteiger partial charge in [0.1, 0.15) is 0 Å². The van der Waals surface area contributed by atoms with Crippen LogP contribution in [0, 0.1) is 5.41 Å². The van der Waals surface area contributed by atoms with Gasteiger partial charge in [0, 0.05) is 13.7 Å². The highest BCUT2D eigenvalue weighted by atomic mass is 16.5.